The molecule has 11 nitrogen and oxygen atoms in total. The molecule has 0 saturated heterocycles. The molecule has 180 valence electrons. The lowest BCUT2D eigenvalue weighted by atomic mass is 10.0. The van der Waals surface area contributed by atoms with Gasteiger partial charge in [-0.1, -0.05) is 12.1 Å². The smallest absolute Gasteiger partial charge is 0.408 e. The second kappa shape index (κ2) is 11.0. The number of ketones is 1. The number of carbonyl (C=O) groups excluding carboxylic acids is 3. The number of alkyl carbamates (subject to hydrolysis) is 1. The molecule has 2 aromatic rings. The van der Waals surface area contributed by atoms with Gasteiger partial charge in [-0.2, -0.15) is 0 Å². The summed E-state index contributed by atoms with van der Waals surface area (Å²) in [7, 11) is 0. The molecule has 0 spiro atoms. The molecular weight excluding hydrogens is 448 g/mol. The lowest BCUT2D eigenvalue weighted by Crippen LogP contribution is -2.45. The third-order valence-electron chi connectivity index (χ3n) is 4.33. The predicted octanol–water partition coefficient (Wildman–Crippen LogP) is 3.15. The molecule has 0 unspecified atom stereocenters. The van der Waals surface area contributed by atoms with Crippen molar-refractivity contribution in [2.45, 2.75) is 38.8 Å². The van der Waals surface area contributed by atoms with Gasteiger partial charge >= 0.3 is 18.0 Å². The molecule has 0 radical (unpaired) electrons. The number of hydrogen-bond acceptors (Lipinski definition) is 8. The second-order valence-electron chi connectivity index (χ2n) is 8.24. The minimum absolute atomic E-state index is 0.00441. The zero-order valence-electron chi connectivity index (χ0n) is 18.8. The molecule has 0 heterocycles. The fraction of sp³-hybridized carbons (Fsp3) is 0.304. The Balaban J connectivity index is 2.13. The van der Waals surface area contributed by atoms with Gasteiger partial charge in [0.05, 0.1) is 10.5 Å². The monoisotopic (exact) mass is 472 g/mol. The van der Waals surface area contributed by atoms with Crippen LogP contribution < -0.4 is 5.32 Å². The molecule has 1 amide bonds. The number of Topliss-reactive ketones (excluding diaryl/α,β-unsaturated/α-hetero) is 1. The number of nitro benzene ring substituents is 1. The molecule has 11 heteroatoms. The second-order valence-corrected chi connectivity index (χ2v) is 8.24. The average molecular weight is 472 g/mol. The summed E-state index contributed by atoms with van der Waals surface area (Å²) < 4.78 is 10.2. The van der Waals surface area contributed by atoms with Crippen LogP contribution in [0.4, 0.5) is 10.5 Å². The Kier molecular flexibility index (Phi) is 8.43. The van der Waals surface area contributed by atoms with Crippen molar-refractivity contribution in [3.05, 3.63) is 75.3 Å². The van der Waals surface area contributed by atoms with Crippen molar-refractivity contribution < 1.29 is 38.7 Å². The largest absolute Gasteiger partial charge is 0.478 e. The van der Waals surface area contributed by atoms with Crippen molar-refractivity contribution in [2.24, 2.45) is 0 Å². The molecule has 0 aromatic heterocycles. The summed E-state index contributed by atoms with van der Waals surface area (Å²) in [5, 5.41) is 22.3. The van der Waals surface area contributed by atoms with E-state index in [0.29, 0.717) is 5.56 Å². The third-order valence-corrected chi connectivity index (χ3v) is 4.33. The van der Waals surface area contributed by atoms with Crippen molar-refractivity contribution >= 4 is 29.5 Å². The Labute approximate surface area is 194 Å². The van der Waals surface area contributed by atoms with Gasteiger partial charge in [0, 0.05) is 24.1 Å². The van der Waals surface area contributed by atoms with Crippen molar-refractivity contribution in [3.63, 3.8) is 0 Å². The van der Waals surface area contributed by atoms with Gasteiger partial charge in [0.25, 0.3) is 5.69 Å². The van der Waals surface area contributed by atoms with E-state index < -0.39 is 47.0 Å². The van der Waals surface area contributed by atoms with Crippen LogP contribution >= 0.6 is 0 Å². The first-order valence-electron chi connectivity index (χ1n) is 10.1. The van der Waals surface area contributed by atoms with Crippen molar-refractivity contribution in [1.29, 1.82) is 0 Å². The highest BCUT2D eigenvalue weighted by Gasteiger charge is 2.27. The van der Waals surface area contributed by atoms with Crippen LogP contribution in [0.2, 0.25) is 0 Å². The summed E-state index contributed by atoms with van der Waals surface area (Å²) in [6, 6.07) is 9.30. The maximum absolute atomic E-state index is 12.7. The molecule has 2 aromatic carbocycles. The van der Waals surface area contributed by atoms with Gasteiger partial charge in [-0.25, -0.2) is 14.4 Å². The zero-order valence-corrected chi connectivity index (χ0v) is 18.8. The first kappa shape index (κ1) is 26.0. The summed E-state index contributed by atoms with van der Waals surface area (Å²) in [6.07, 6.45) is -1.02. The lowest BCUT2D eigenvalue weighted by molar-refractivity contribution is -0.384. The van der Waals surface area contributed by atoms with E-state index in [4.69, 9.17) is 9.47 Å². The van der Waals surface area contributed by atoms with Crippen LogP contribution in [-0.4, -0.2) is 52.1 Å². The van der Waals surface area contributed by atoms with Crippen LogP contribution in [0.5, 0.6) is 0 Å². The first-order chi connectivity index (χ1) is 15.9. The van der Waals surface area contributed by atoms with E-state index in [1.807, 2.05) is 0 Å². The van der Waals surface area contributed by atoms with Crippen LogP contribution in [0, 0.1) is 10.1 Å². The van der Waals surface area contributed by atoms with Crippen LogP contribution in [0.15, 0.2) is 48.5 Å². The Bertz CT molecular complexity index is 1090. The van der Waals surface area contributed by atoms with Crippen LogP contribution in [-0.2, 0) is 20.7 Å². The van der Waals surface area contributed by atoms with Crippen molar-refractivity contribution in [3.8, 4) is 0 Å². The molecule has 34 heavy (non-hydrogen) atoms. The minimum Gasteiger partial charge on any atom is -0.478 e. The molecule has 2 rings (SSSR count). The molecule has 0 bridgehead atoms. The normalized spacial score (nSPS) is 11.7. The van der Waals surface area contributed by atoms with Crippen LogP contribution in [0.1, 0.15) is 47.1 Å². The number of nitrogens with zero attached hydrogens (tertiary/aromatic N) is 1. The van der Waals surface area contributed by atoms with E-state index in [0.717, 1.165) is 12.1 Å². The number of hydrogen-bond donors (Lipinski definition) is 2. The number of amides is 1. The highest BCUT2D eigenvalue weighted by molar-refractivity contribution is 5.98. The molecular formula is C23H24N2O9. The van der Waals surface area contributed by atoms with E-state index in [9.17, 15) is 34.4 Å². The molecule has 0 aliphatic carbocycles. The fourth-order valence-corrected chi connectivity index (χ4v) is 2.80. The van der Waals surface area contributed by atoms with E-state index in [2.05, 4.69) is 5.32 Å². The number of rotatable bonds is 9. The van der Waals surface area contributed by atoms with E-state index in [-0.39, 0.29) is 23.2 Å². The first-order valence-corrected chi connectivity index (χ1v) is 10.1. The predicted molar refractivity (Wildman–Crippen MR) is 119 cm³/mol. The number of carboxylic acid groups (broad SMARTS) is 1. The number of ether oxygens (including phenoxy) is 2. The third kappa shape index (κ3) is 8.01. The summed E-state index contributed by atoms with van der Waals surface area (Å²) in [4.78, 5) is 58.6. The molecule has 0 saturated carbocycles. The fourth-order valence-electron chi connectivity index (χ4n) is 2.80. The van der Waals surface area contributed by atoms with Crippen LogP contribution in [0.3, 0.4) is 0 Å². The van der Waals surface area contributed by atoms with E-state index in [1.165, 1.54) is 30.3 Å². The Morgan fingerprint density at radius 3 is 2.26 bits per heavy atom. The SMILES string of the molecule is CC(C)(C)OC(=O)N[C@@H](Cc1cccc(C(=O)O)c1)C(=O)OCC(=O)c1ccc([N+](=O)[O-])cc1. The number of nitro groups is 1. The summed E-state index contributed by atoms with van der Waals surface area (Å²) >= 11 is 0. The summed E-state index contributed by atoms with van der Waals surface area (Å²) in [5.41, 5.74) is -0.508. The molecule has 1 atom stereocenters. The van der Waals surface area contributed by atoms with Gasteiger partial charge in [-0.15, -0.1) is 0 Å². The lowest BCUT2D eigenvalue weighted by Gasteiger charge is -2.23. The number of nitrogens with one attached hydrogen (secondary N) is 1. The quantitative estimate of drug-likeness (QED) is 0.241. The maximum atomic E-state index is 12.7. The van der Waals surface area contributed by atoms with Crippen LogP contribution in [0.25, 0.3) is 0 Å². The van der Waals surface area contributed by atoms with Gasteiger partial charge in [-0.05, 0) is 50.6 Å². The summed E-state index contributed by atoms with van der Waals surface area (Å²) in [6.45, 7) is 4.25. The van der Waals surface area contributed by atoms with Gasteiger partial charge in [-0.3, -0.25) is 14.9 Å². The molecule has 0 aliphatic heterocycles. The maximum Gasteiger partial charge on any atom is 0.408 e. The van der Waals surface area contributed by atoms with E-state index >= 15 is 0 Å². The Hall–Kier alpha value is -4.28. The van der Waals surface area contributed by atoms with Crippen molar-refractivity contribution in [2.75, 3.05) is 6.61 Å². The average Bonchev–Trinajstić information content (AvgIpc) is 2.75. The molecule has 0 fully saturated rings. The topological polar surface area (TPSA) is 162 Å². The number of benzene rings is 2. The van der Waals surface area contributed by atoms with Crippen molar-refractivity contribution in [1.82, 2.24) is 5.32 Å². The number of carbonyl (C=O) groups is 4. The number of aromatic carboxylic acids is 1. The summed E-state index contributed by atoms with van der Waals surface area (Å²) in [5.74, 6) is -2.70. The van der Waals surface area contributed by atoms with Gasteiger partial charge in [0.2, 0.25) is 0 Å². The van der Waals surface area contributed by atoms with Gasteiger partial charge < -0.3 is 19.9 Å². The highest BCUT2D eigenvalue weighted by Crippen LogP contribution is 2.14. The minimum atomic E-state index is -1.27. The zero-order chi connectivity index (χ0) is 25.5. The number of esters is 1. The number of carboxylic acids is 1. The number of non-ortho nitro benzene ring substituents is 1. The van der Waals surface area contributed by atoms with E-state index in [1.54, 1.807) is 26.8 Å². The highest BCUT2D eigenvalue weighted by atomic mass is 16.6. The standard InChI is InChI=1S/C23H24N2O9/c1-23(2,3)34-22(30)24-18(12-14-5-4-6-16(11-14)20(27)28)21(29)33-13-19(26)15-7-9-17(10-8-15)25(31)32/h4-11,18H,12-13H2,1-3H3,(H,24,30)(H,27,28)/t18-/m0/s1. The molecule has 0 aliphatic rings. The Morgan fingerprint density at radius 2 is 1.71 bits per heavy atom. The van der Waals surface area contributed by atoms with Gasteiger partial charge in [0.15, 0.2) is 12.4 Å². The van der Waals surface area contributed by atoms with Gasteiger partial charge in [0.1, 0.15) is 11.6 Å². The molecule has 2 N–H and O–H groups in total. The Morgan fingerprint density at radius 1 is 1.06 bits per heavy atom.